The second-order valence-corrected chi connectivity index (χ2v) is 7.34. The van der Waals surface area contributed by atoms with Gasteiger partial charge in [-0.1, -0.05) is 23.7 Å². The van der Waals surface area contributed by atoms with Crippen molar-refractivity contribution in [1.82, 2.24) is 15.2 Å². The average Bonchev–Trinajstić information content (AvgIpc) is 2.72. The normalized spacial score (nSPS) is 15.5. The first-order chi connectivity index (χ1) is 14.0. The van der Waals surface area contributed by atoms with E-state index in [0.29, 0.717) is 12.3 Å². The number of amides is 1. The molecule has 0 radical (unpaired) electrons. The minimum atomic E-state index is -0.154. The Labute approximate surface area is 175 Å². The molecule has 1 aliphatic rings. The Balaban J connectivity index is 1.40. The van der Waals surface area contributed by atoms with E-state index in [4.69, 9.17) is 16.3 Å². The summed E-state index contributed by atoms with van der Waals surface area (Å²) in [6.45, 7) is 4.68. The maximum Gasteiger partial charge on any atom is 0.254 e. The van der Waals surface area contributed by atoms with Crippen molar-refractivity contribution in [2.24, 2.45) is 5.10 Å². The monoisotopic (exact) mass is 416 g/mol. The second kappa shape index (κ2) is 10.2. The van der Waals surface area contributed by atoms with Crippen molar-refractivity contribution in [2.45, 2.75) is 6.54 Å². The first-order valence-electron chi connectivity index (χ1n) is 9.41. The number of phenolic OH excluding ortho intramolecular Hbond substituents is 1. The molecule has 7 nitrogen and oxygen atoms in total. The molecule has 8 heteroatoms. The number of nitrogens with one attached hydrogen (secondary N) is 1. The third kappa shape index (κ3) is 6.45. The van der Waals surface area contributed by atoms with E-state index in [1.165, 1.54) is 25.0 Å². The largest absolute Gasteiger partial charge is 0.504 e. The third-order valence-electron chi connectivity index (χ3n) is 4.76. The predicted octanol–water partition coefficient (Wildman–Crippen LogP) is 2.32. The maximum absolute atomic E-state index is 12.1. The molecule has 1 heterocycles. The molecule has 0 bridgehead atoms. The number of hydrazone groups is 1. The van der Waals surface area contributed by atoms with Gasteiger partial charge in [0.2, 0.25) is 0 Å². The molecule has 1 amide bonds. The number of piperazine rings is 1. The number of hydrogen-bond acceptors (Lipinski definition) is 6. The van der Waals surface area contributed by atoms with Crippen molar-refractivity contribution >= 4 is 23.7 Å². The van der Waals surface area contributed by atoms with Gasteiger partial charge < -0.3 is 9.84 Å². The van der Waals surface area contributed by atoms with Gasteiger partial charge in [-0.15, -0.1) is 0 Å². The molecule has 1 aliphatic heterocycles. The van der Waals surface area contributed by atoms with E-state index in [1.807, 2.05) is 24.3 Å². The number of phenols is 1. The minimum absolute atomic E-state index is 0.0592. The van der Waals surface area contributed by atoms with Crippen LogP contribution in [-0.2, 0) is 11.3 Å². The van der Waals surface area contributed by atoms with Crippen LogP contribution in [-0.4, -0.2) is 66.9 Å². The van der Waals surface area contributed by atoms with Gasteiger partial charge in [-0.25, -0.2) is 5.43 Å². The fourth-order valence-corrected chi connectivity index (χ4v) is 3.27. The van der Waals surface area contributed by atoms with E-state index in [2.05, 4.69) is 20.3 Å². The van der Waals surface area contributed by atoms with Crippen molar-refractivity contribution < 1.29 is 14.6 Å². The Morgan fingerprint density at radius 1 is 1.17 bits per heavy atom. The first kappa shape index (κ1) is 21.1. The van der Waals surface area contributed by atoms with Crippen LogP contribution in [0.4, 0.5) is 0 Å². The standard InChI is InChI=1S/C21H25ClN4O3/c1-29-20-12-17(4-7-19(20)27)13-23-24-21(28)15-26-10-8-25(9-11-26)14-16-2-5-18(22)6-3-16/h2-7,12-13,27H,8-11,14-15H2,1H3,(H,24,28). The Morgan fingerprint density at radius 3 is 2.55 bits per heavy atom. The summed E-state index contributed by atoms with van der Waals surface area (Å²) in [5.41, 5.74) is 4.50. The van der Waals surface area contributed by atoms with E-state index >= 15 is 0 Å². The van der Waals surface area contributed by atoms with Gasteiger partial charge >= 0.3 is 0 Å². The lowest BCUT2D eigenvalue weighted by atomic mass is 10.2. The van der Waals surface area contributed by atoms with Crippen molar-refractivity contribution in [1.29, 1.82) is 0 Å². The SMILES string of the molecule is COc1cc(C=NNC(=O)CN2CCN(Cc3ccc(Cl)cc3)CC2)ccc1O. The molecule has 0 spiro atoms. The molecule has 0 atom stereocenters. The molecular formula is C21H25ClN4O3. The molecule has 1 saturated heterocycles. The average molecular weight is 417 g/mol. The lowest BCUT2D eigenvalue weighted by Gasteiger charge is -2.34. The molecule has 0 unspecified atom stereocenters. The van der Waals surface area contributed by atoms with Crippen LogP contribution < -0.4 is 10.2 Å². The molecule has 0 saturated carbocycles. The molecule has 2 aromatic rings. The molecule has 2 N–H and O–H groups in total. The number of aromatic hydroxyl groups is 1. The van der Waals surface area contributed by atoms with Crippen LogP contribution in [0.2, 0.25) is 5.02 Å². The summed E-state index contributed by atoms with van der Waals surface area (Å²) in [5.74, 6) is 0.263. The number of ether oxygens (including phenoxy) is 1. The maximum atomic E-state index is 12.1. The van der Waals surface area contributed by atoms with E-state index in [-0.39, 0.29) is 11.7 Å². The summed E-state index contributed by atoms with van der Waals surface area (Å²) in [6.07, 6.45) is 1.52. The van der Waals surface area contributed by atoms with Gasteiger partial charge in [0, 0.05) is 37.7 Å². The van der Waals surface area contributed by atoms with Gasteiger partial charge in [-0.2, -0.15) is 5.10 Å². The second-order valence-electron chi connectivity index (χ2n) is 6.90. The minimum Gasteiger partial charge on any atom is -0.504 e. The molecule has 154 valence electrons. The number of carbonyl (C=O) groups excluding carboxylic acids is 1. The van der Waals surface area contributed by atoms with E-state index < -0.39 is 0 Å². The Hall–Kier alpha value is -2.61. The zero-order valence-corrected chi connectivity index (χ0v) is 17.1. The van der Waals surface area contributed by atoms with Gasteiger partial charge in [0.05, 0.1) is 19.9 Å². The number of halogens is 1. The van der Waals surface area contributed by atoms with Gasteiger partial charge in [0.1, 0.15) is 0 Å². The highest BCUT2D eigenvalue weighted by Crippen LogP contribution is 2.25. The summed E-state index contributed by atoms with van der Waals surface area (Å²) in [7, 11) is 1.48. The van der Waals surface area contributed by atoms with Crippen molar-refractivity contribution in [2.75, 3.05) is 39.8 Å². The highest BCUT2D eigenvalue weighted by Gasteiger charge is 2.18. The van der Waals surface area contributed by atoms with Crippen LogP contribution in [0.15, 0.2) is 47.6 Å². The summed E-state index contributed by atoms with van der Waals surface area (Å²) in [4.78, 5) is 16.6. The fourth-order valence-electron chi connectivity index (χ4n) is 3.15. The Morgan fingerprint density at radius 2 is 1.86 bits per heavy atom. The Kier molecular flexibility index (Phi) is 7.46. The smallest absolute Gasteiger partial charge is 0.254 e. The van der Waals surface area contributed by atoms with Gasteiger partial charge in [0.25, 0.3) is 5.91 Å². The predicted molar refractivity (Wildman–Crippen MR) is 114 cm³/mol. The molecule has 1 fully saturated rings. The topological polar surface area (TPSA) is 77.4 Å². The van der Waals surface area contributed by atoms with Gasteiger partial charge in [-0.3, -0.25) is 14.6 Å². The van der Waals surface area contributed by atoms with E-state index in [9.17, 15) is 9.90 Å². The molecule has 2 aromatic carbocycles. The Bertz CT molecular complexity index is 850. The number of benzene rings is 2. The first-order valence-corrected chi connectivity index (χ1v) is 9.79. The van der Waals surface area contributed by atoms with Crippen LogP contribution >= 0.6 is 11.6 Å². The summed E-state index contributed by atoms with van der Waals surface area (Å²) < 4.78 is 5.05. The van der Waals surface area contributed by atoms with Crippen molar-refractivity contribution in [3.05, 3.63) is 58.6 Å². The number of rotatable bonds is 7. The molecule has 3 rings (SSSR count). The number of nitrogens with zero attached hydrogens (tertiary/aromatic N) is 3. The van der Waals surface area contributed by atoms with Gasteiger partial charge in [-0.05, 0) is 41.5 Å². The van der Waals surface area contributed by atoms with Crippen LogP contribution in [0.5, 0.6) is 11.5 Å². The number of hydrogen-bond donors (Lipinski definition) is 2. The molecule has 0 aromatic heterocycles. The number of carbonyl (C=O) groups is 1. The molecular weight excluding hydrogens is 392 g/mol. The lowest BCUT2D eigenvalue weighted by Crippen LogP contribution is -2.48. The van der Waals surface area contributed by atoms with Gasteiger partial charge in [0.15, 0.2) is 11.5 Å². The summed E-state index contributed by atoms with van der Waals surface area (Å²) >= 11 is 5.93. The van der Waals surface area contributed by atoms with E-state index in [1.54, 1.807) is 12.1 Å². The van der Waals surface area contributed by atoms with Crippen molar-refractivity contribution in [3.63, 3.8) is 0 Å². The van der Waals surface area contributed by atoms with E-state index in [0.717, 1.165) is 43.3 Å². The van der Waals surface area contributed by atoms with Crippen LogP contribution in [0.1, 0.15) is 11.1 Å². The van der Waals surface area contributed by atoms with Crippen molar-refractivity contribution in [3.8, 4) is 11.5 Å². The van der Waals surface area contributed by atoms with Crippen LogP contribution in [0.3, 0.4) is 0 Å². The highest BCUT2D eigenvalue weighted by molar-refractivity contribution is 6.30. The quantitative estimate of drug-likeness (QED) is 0.535. The summed E-state index contributed by atoms with van der Waals surface area (Å²) in [5, 5.41) is 14.3. The molecule has 29 heavy (non-hydrogen) atoms. The highest BCUT2D eigenvalue weighted by atomic mass is 35.5. The zero-order chi connectivity index (χ0) is 20.6. The van der Waals surface area contributed by atoms with Crippen LogP contribution in [0, 0.1) is 0 Å². The summed E-state index contributed by atoms with van der Waals surface area (Å²) in [6, 6.07) is 12.8. The fraction of sp³-hybridized carbons (Fsp3) is 0.333. The third-order valence-corrected chi connectivity index (χ3v) is 5.01. The molecule has 0 aliphatic carbocycles. The number of methoxy groups -OCH3 is 1. The lowest BCUT2D eigenvalue weighted by molar-refractivity contribution is -0.122. The zero-order valence-electron chi connectivity index (χ0n) is 16.3. The van der Waals surface area contributed by atoms with Crippen LogP contribution in [0.25, 0.3) is 0 Å².